The minimum Gasteiger partial charge on any atom is -0.482 e. The number of hydrogen-bond donors (Lipinski definition) is 1. The van der Waals surface area contributed by atoms with Gasteiger partial charge in [-0.2, -0.15) is 0 Å². The molecule has 1 aromatic carbocycles. The van der Waals surface area contributed by atoms with E-state index in [0.29, 0.717) is 18.6 Å². The third kappa shape index (κ3) is 4.40. The Morgan fingerprint density at radius 3 is 2.62 bits per heavy atom. The van der Waals surface area contributed by atoms with Gasteiger partial charge in [0.2, 0.25) is 5.91 Å². The van der Waals surface area contributed by atoms with E-state index in [9.17, 15) is 14.4 Å². The number of rotatable bonds is 6. The Morgan fingerprint density at radius 2 is 1.93 bits per heavy atom. The highest BCUT2D eigenvalue weighted by molar-refractivity contribution is 6.01. The first kappa shape index (κ1) is 20.8. The fourth-order valence-electron chi connectivity index (χ4n) is 3.50. The molecule has 154 valence electrons. The van der Waals surface area contributed by atoms with Gasteiger partial charge in [-0.1, -0.05) is 30.3 Å². The van der Waals surface area contributed by atoms with E-state index in [-0.39, 0.29) is 12.4 Å². The number of allylic oxidation sites excluding steroid dienone is 2. The second-order valence-corrected chi connectivity index (χ2v) is 7.20. The van der Waals surface area contributed by atoms with Crippen LogP contribution in [-0.4, -0.2) is 46.5 Å². The van der Waals surface area contributed by atoms with Crippen molar-refractivity contribution in [2.75, 3.05) is 6.61 Å². The Hall–Kier alpha value is -2.93. The molecule has 2 amide bonds. The summed E-state index contributed by atoms with van der Waals surface area (Å²) >= 11 is 0. The van der Waals surface area contributed by atoms with Gasteiger partial charge in [0.25, 0.3) is 0 Å². The molecular formula is C22H25NO6. The molecule has 1 fully saturated rings. The third-order valence-electron chi connectivity index (χ3n) is 5.14. The van der Waals surface area contributed by atoms with E-state index in [1.165, 1.54) is 6.08 Å². The molecule has 2 heterocycles. The van der Waals surface area contributed by atoms with Crippen molar-refractivity contribution >= 4 is 17.8 Å². The van der Waals surface area contributed by atoms with Crippen molar-refractivity contribution in [1.82, 2.24) is 4.90 Å². The second kappa shape index (κ2) is 9.05. The lowest BCUT2D eigenvalue weighted by atomic mass is 9.95. The van der Waals surface area contributed by atoms with E-state index < -0.39 is 36.2 Å². The molecule has 7 heteroatoms. The molecule has 1 N–H and O–H groups in total. The summed E-state index contributed by atoms with van der Waals surface area (Å²) in [6.07, 6.45) is 3.56. The lowest BCUT2D eigenvalue weighted by molar-refractivity contribution is -0.142. The molecule has 1 aromatic rings. The van der Waals surface area contributed by atoms with Crippen molar-refractivity contribution in [3.05, 3.63) is 59.9 Å². The number of unbranched alkanes of at least 4 members (excludes halogenated alkanes) is 1. The van der Waals surface area contributed by atoms with E-state index in [1.54, 1.807) is 26.0 Å². The molecule has 0 bridgehead atoms. The molecule has 0 saturated carbocycles. The summed E-state index contributed by atoms with van der Waals surface area (Å²) < 4.78 is 11.1. The predicted molar refractivity (Wildman–Crippen MR) is 105 cm³/mol. The van der Waals surface area contributed by atoms with Gasteiger partial charge in [-0.25, -0.2) is 9.69 Å². The predicted octanol–water partition coefficient (Wildman–Crippen LogP) is 2.91. The van der Waals surface area contributed by atoms with Crippen LogP contribution >= 0.6 is 0 Å². The molecule has 0 spiro atoms. The van der Waals surface area contributed by atoms with Crippen molar-refractivity contribution in [1.29, 1.82) is 0 Å². The lowest BCUT2D eigenvalue weighted by Gasteiger charge is -2.28. The monoisotopic (exact) mass is 399 g/mol. The van der Waals surface area contributed by atoms with E-state index in [2.05, 4.69) is 0 Å². The van der Waals surface area contributed by atoms with Gasteiger partial charge in [0, 0.05) is 6.61 Å². The topological polar surface area (TPSA) is 93.1 Å². The van der Waals surface area contributed by atoms with Crippen LogP contribution in [0.3, 0.4) is 0 Å². The molecule has 1 saturated heterocycles. The van der Waals surface area contributed by atoms with E-state index in [1.807, 2.05) is 30.3 Å². The molecule has 0 aromatic heterocycles. The molecule has 2 aliphatic heterocycles. The summed E-state index contributed by atoms with van der Waals surface area (Å²) in [4.78, 5) is 38.9. The fourth-order valence-corrected chi connectivity index (χ4v) is 3.50. The van der Waals surface area contributed by atoms with Crippen LogP contribution in [-0.2, 0) is 19.1 Å². The van der Waals surface area contributed by atoms with Gasteiger partial charge < -0.3 is 14.6 Å². The SMILES string of the molecule is C[C@@H]1[C@H](c2ccccc2)OC(=O)N1C(=O)[C@H](C)[C@@H]1OC(=CCCCO)C=CC1=O. The normalized spacial score (nSPS) is 26.4. The van der Waals surface area contributed by atoms with Crippen LogP contribution in [0.15, 0.2) is 54.3 Å². The summed E-state index contributed by atoms with van der Waals surface area (Å²) in [6.45, 7) is 3.38. The first-order chi connectivity index (χ1) is 13.9. The maximum atomic E-state index is 13.1. The number of hydrogen-bond acceptors (Lipinski definition) is 6. The molecule has 0 aliphatic carbocycles. The van der Waals surface area contributed by atoms with E-state index >= 15 is 0 Å². The average molecular weight is 399 g/mol. The third-order valence-corrected chi connectivity index (χ3v) is 5.14. The number of benzene rings is 1. The summed E-state index contributed by atoms with van der Waals surface area (Å²) in [5.74, 6) is -1.23. The summed E-state index contributed by atoms with van der Waals surface area (Å²) in [5, 5.41) is 8.89. The van der Waals surface area contributed by atoms with Gasteiger partial charge in [0.15, 0.2) is 11.9 Å². The zero-order chi connectivity index (χ0) is 21.0. The molecule has 2 aliphatic rings. The highest BCUT2D eigenvalue weighted by Gasteiger charge is 2.47. The number of cyclic esters (lactones) is 1. The van der Waals surface area contributed by atoms with Gasteiger partial charge in [0.05, 0.1) is 12.0 Å². The highest BCUT2D eigenvalue weighted by atomic mass is 16.6. The number of carbonyl (C=O) groups excluding carboxylic acids is 3. The van der Waals surface area contributed by atoms with Crippen molar-refractivity contribution in [2.24, 2.45) is 5.92 Å². The summed E-state index contributed by atoms with van der Waals surface area (Å²) in [5.41, 5.74) is 0.804. The van der Waals surface area contributed by atoms with Crippen LogP contribution in [0.25, 0.3) is 0 Å². The number of aliphatic hydroxyl groups excluding tert-OH is 1. The Morgan fingerprint density at radius 1 is 1.21 bits per heavy atom. The molecule has 7 nitrogen and oxygen atoms in total. The number of carbonyl (C=O) groups is 3. The first-order valence-corrected chi connectivity index (χ1v) is 9.72. The molecule has 3 rings (SSSR count). The highest BCUT2D eigenvalue weighted by Crippen LogP contribution is 2.34. The summed E-state index contributed by atoms with van der Waals surface area (Å²) in [6, 6.07) is 8.72. The van der Waals surface area contributed by atoms with Gasteiger partial charge in [-0.05, 0) is 50.5 Å². The number of aliphatic hydroxyl groups is 1. The maximum absolute atomic E-state index is 13.1. The second-order valence-electron chi connectivity index (χ2n) is 7.20. The molecule has 4 atom stereocenters. The van der Waals surface area contributed by atoms with Crippen molar-refractivity contribution in [3.63, 3.8) is 0 Å². The van der Waals surface area contributed by atoms with Crippen LogP contribution in [0.5, 0.6) is 0 Å². The lowest BCUT2D eigenvalue weighted by Crippen LogP contribution is -2.47. The Kier molecular flexibility index (Phi) is 6.49. The molecule has 29 heavy (non-hydrogen) atoms. The Bertz CT molecular complexity index is 831. The minimum atomic E-state index is -1.01. The quantitative estimate of drug-likeness (QED) is 0.740. The van der Waals surface area contributed by atoms with Gasteiger partial charge in [0.1, 0.15) is 11.9 Å². The van der Waals surface area contributed by atoms with Crippen LogP contribution in [0.4, 0.5) is 4.79 Å². The van der Waals surface area contributed by atoms with Crippen LogP contribution in [0, 0.1) is 5.92 Å². The number of ketones is 1. The average Bonchev–Trinajstić information content (AvgIpc) is 3.03. The van der Waals surface area contributed by atoms with Crippen LogP contribution in [0.2, 0.25) is 0 Å². The van der Waals surface area contributed by atoms with Gasteiger partial charge in [-0.15, -0.1) is 0 Å². The number of ether oxygens (including phenoxy) is 2. The number of nitrogens with zero attached hydrogens (tertiary/aromatic N) is 1. The van der Waals surface area contributed by atoms with Gasteiger partial charge in [-0.3, -0.25) is 9.59 Å². The first-order valence-electron chi connectivity index (χ1n) is 9.72. The van der Waals surface area contributed by atoms with Crippen LogP contribution in [0.1, 0.15) is 38.4 Å². The Labute approximate surface area is 169 Å². The molecule has 0 radical (unpaired) electrons. The van der Waals surface area contributed by atoms with E-state index in [0.717, 1.165) is 10.5 Å². The van der Waals surface area contributed by atoms with Crippen molar-refractivity contribution in [3.8, 4) is 0 Å². The minimum absolute atomic E-state index is 0.0578. The van der Waals surface area contributed by atoms with Crippen LogP contribution < -0.4 is 0 Å². The van der Waals surface area contributed by atoms with Crippen molar-refractivity contribution < 1.29 is 29.0 Å². The number of imide groups is 1. The molecule has 0 unspecified atom stereocenters. The fraction of sp³-hybridized carbons (Fsp3) is 0.409. The van der Waals surface area contributed by atoms with Gasteiger partial charge >= 0.3 is 6.09 Å². The zero-order valence-corrected chi connectivity index (χ0v) is 16.5. The zero-order valence-electron chi connectivity index (χ0n) is 16.5. The smallest absolute Gasteiger partial charge is 0.417 e. The Balaban J connectivity index is 1.74. The maximum Gasteiger partial charge on any atom is 0.417 e. The molecular weight excluding hydrogens is 374 g/mol. The largest absolute Gasteiger partial charge is 0.482 e. The number of amides is 2. The standard InChI is InChI=1S/C22H25NO6/c1-14(19-18(25)12-11-17(28-19)10-6-7-13-24)21(26)23-15(2)20(29-22(23)27)16-8-4-3-5-9-16/h3-5,8-12,14-15,19-20,24H,6-7,13H2,1-2H3/t14-,15-,19+,20-/m1/s1. The van der Waals surface area contributed by atoms with Crippen molar-refractivity contribution in [2.45, 2.75) is 44.9 Å². The van der Waals surface area contributed by atoms with E-state index in [4.69, 9.17) is 14.6 Å². The summed E-state index contributed by atoms with van der Waals surface area (Å²) in [7, 11) is 0.